The summed E-state index contributed by atoms with van der Waals surface area (Å²) in [7, 11) is 0. The monoisotopic (exact) mass is 467 g/mol. The molecule has 1 saturated carbocycles. The molecule has 3 aromatic rings. The quantitative estimate of drug-likeness (QED) is 0.567. The maximum absolute atomic E-state index is 15.0. The minimum Gasteiger partial charge on any atom is -0.365 e. The van der Waals surface area contributed by atoms with Crippen LogP contribution in [-0.2, 0) is 0 Å². The summed E-state index contributed by atoms with van der Waals surface area (Å²) in [4.78, 5) is 10.9. The molecule has 1 aliphatic carbocycles. The molecule has 0 radical (unpaired) electrons. The van der Waals surface area contributed by atoms with Crippen LogP contribution < -0.4 is 10.6 Å². The van der Waals surface area contributed by atoms with E-state index in [9.17, 15) is 4.39 Å². The van der Waals surface area contributed by atoms with Crippen LogP contribution >= 0.6 is 0 Å². The Bertz CT molecular complexity index is 1210. The summed E-state index contributed by atoms with van der Waals surface area (Å²) in [5.74, 6) is 0.227. The van der Waals surface area contributed by atoms with Gasteiger partial charge in [-0.15, -0.1) is 5.10 Å². The first-order valence-corrected chi connectivity index (χ1v) is 11.9. The summed E-state index contributed by atoms with van der Waals surface area (Å²) >= 11 is 0. The number of halogens is 2. The molecule has 6 rings (SSSR count). The zero-order chi connectivity index (χ0) is 23.2. The van der Waals surface area contributed by atoms with Gasteiger partial charge in [0.1, 0.15) is 5.82 Å². The highest BCUT2D eigenvalue weighted by molar-refractivity contribution is 5.62. The van der Waals surface area contributed by atoms with Crippen molar-refractivity contribution in [3.8, 4) is 5.69 Å². The topological polar surface area (TPSA) is 96.7 Å². The largest absolute Gasteiger partial charge is 0.365 e. The zero-order valence-electron chi connectivity index (χ0n) is 19.0. The predicted octanol–water partition coefficient (Wildman–Crippen LogP) is 3.70. The lowest BCUT2D eigenvalue weighted by Gasteiger charge is -2.35. The first-order chi connectivity index (χ1) is 16.5. The highest BCUT2D eigenvalue weighted by Crippen LogP contribution is 2.44. The number of tetrazole rings is 1. The first kappa shape index (κ1) is 21.3. The Kier molecular flexibility index (Phi) is 5.35. The van der Waals surface area contributed by atoms with Gasteiger partial charge >= 0.3 is 0 Å². The van der Waals surface area contributed by atoms with Crippen molar-refractivity contribution in [3.05, 3.63) is 41.4 Å². The van der Waals surface area contributed by atoms with Crippen molar-refractivity contribution in [2.24, 2.45) is 0 Å². The number of aromatic nitrogens is 6. The van der Waals surface area contributed by atoms with Crippen molar-refractivity contribution in [2.45, 2.75) is 63.5 Å². The van der Waals surface area contributed by atoms with Gasteiger partial charge in [-0.3, -0.25) is 0 Å². The molecule has 178 valence electrons. The number of hydrogen-bond acceptors (Lipinski definition) is 8. The number of anilines is 3. The van der Waals surface area contributed by atoms with Crippen molar-refractivity contribution in [1.82, 2.24) is 35.1 Å². The van der Waals surface area contributed by atoms with Crippen LogP contribution in [-0.4, -0.2) is 60.2 Å². The Hall–Kier alpha value is -3.21. The molecule has 2 unspecified atom stereocenters. The Balaban J connectivity index is 1.25. The minimum absolute atomic E-state index is 0.125. The van der Waals surface area contributed by atoms with Crippen LogP contribution in [0, 0.1) is 18.6 Å². The lowest BCUT2D eigenvalue weighted by atomic mass is 9.97. The third-order valence-electron chi connectivity index (χ3n) is 7.14. The van der Waals surface area contributed by atoms with E-state index in [0.29, 0.717) is 17.8 Å². The van der Waals surface area contributed by atoms with Crippen LogP contribution in [0.15, 0.2) is 18.3 Å². The molecule has 1 aromatic carbocycles. The molecule has 34 heavy (non-hydrogen) atoms. The summed E-state index contributed by atoms with van der Waals surface area (Å²) in [6.45, 7) is 3.97. The summed E-state index contributed by atoms with van der Waals surface area (Å²) in [5, 5.41) is 17.9. The molecule has 0 bridgehead atoms. The van der Waals surface area contributed by atoms with E-state index in [1.165, 1.54) is 18.9 Å². The molecule has 3 fully saturated rings. The fraction of sp³-hybridized carbons (Fsp3) is 0.522. The molecule has 2 N–H and O–H groups in total. The second kappa shape index (κ2) is 8.53. The molecule has 0 spiro atoms. The average molecular weight is 468 g/mol. The van der Waals surface area contributed by atoms with Crippen LogP contribution in [0.2, 0.25) is 0 Å². The van der Waals surface area contributed by atoms with E-state index >= 15 is 4.39 Å². The van der Waals surface area contributed by atoms with E-state index in [1.54, 1.807) is 17.7 Å². The predicted molar refractivity (Wildman–Crippen MR) is 122 cm³/mol. The second-order valence-electron chi connectivity index (χ2n) is 9.52. The first-order valence-electron chi connectivity index (χ1n) is 11.9. The van der Waals surface area contributed by atoms with Gasteiger partial charge in [0.05, 0.1) is 17.6 Å². The van der Waals surface area contributed by atoms with Crippen molar-refractivity contribution in [1.29, 1.82) is 0 Å². The lowest BCUT2D eigenvalue weighted by Crippen LogP contribution is -2.43. The molecule has 4 heterocycles. The Morgan fingerprint density at radius 1 is 1.06 bits per heavy atom. The fourth-order valence-corrected chi connectivity index (χ4v) is 5.23. The Labute approximate surface area is 196 Å². The molecule has 2 aliphatic heterocycles. The number of nitrogens with zero attached hydrogens (tertiary/aromatic N) is 7. The Morgan fingerprint density at radius 2 is 1.94 bits per heavy atom. The van der Waals surface area contributed by atoms with E-state index < -0.39 is 11.6 Å². The molecule has 2 atom stereocenters. The highest BCUT2D eigenvalue weighted by Gasteiger charge is 2.32. The van der Waals surface area contributed by atoms with Crippen LogP contribution in [0.25, 0.3) is 5.69 Å². The van der Waals surface area contributed by atoms with Gasteiger partial charge in [-0.2, -0.15) is 9.67 Å². The van der Waals surface area contributed by atoms with Crippen molar-refractivity contribution >= 4 is 17.5 Å². The summed E-state index contributed by atoms with van der Waals surface area (Å²) in [6.07, 6.45) is 7.46. The van der Waals surface area contributed by atoms with Gasteiger partial charge in [0, 0.05) is 18.6 Å². The normalized spacial score (nSPS) is 22.6. The Morgan fingerprint density at radius 3 is 2.74 bits per heavy atom. The molecule has 11 heteroatoms. The SMILES string of the molecule is Cc1nnnn1-c1cc(Nc2ncc(F)c(NC3CCN4CCCC4C3)n2)c(F)cc1C1CC1. The van der Waals surface area contributed by atoms with Gasteiger partial charge in [0.15, 0.2) is 17.5 Å². The fourth-order valence-electron chi connectivity index (χ4n) is 5.23. The van der Waals surface area contributed by atoms with E-state index in [2.05, 4.69) is 41.0 Å². The van der Waals surface area contributed by atoms with E-state index in [1.807, 2.05) is 0 Å². The molecule has 2 saturated heterocycles. The van der Waals surface area contributed by atoms with E-state index in [0.717, 1.165) is 56.2 Å². The van der Waals surface area contributed by atoms with Gasteiger partial charge in [0.25, 0.3) is 0 Å². The number of rotatable bonds is 6. The summed E-state index contributed by atoms with van der Waals surface area (Å²) in [6, 6.07) is 3.90. The molecule has 0 amide bonds. The number of fused-ring (bicyclic) bond motifs is 1. The number of aryl methyl sites for hydroxylation is 1. The number of piperidine rings is 1. The standard InChI is InChI=1S/C23H27F2N9/c1-13-30-31-32-34(13)21-11-20(18(24)10-17(21)14-4-5-14)28-23-26-12-19(25)22(29-23)27-15-6-8-33-7-2-3-16(33)9-15/h10-12,14-16H,2-9H2,1H3,(H2,26,27,28,29). The second-order valence-corrected chi connectivity index (χ2v) is 9.52. The maximum Gasteiger partial charge on any atom is 0.229 e. The number of benzene rings is 1. The van der Waals surface area contributed by atoms with Crippen molar-refractivity contribution in [3.63, 3.8) is 0 Å². The van der Waals surface area contributed by atoms with Crippen LogP contribution in [0.4, 0.5) is 26.2 Å². The molecular formula is C23H27F2N9. The average Bonchev–Trinajstić information content (AvgIpc) is 3.42. The van der Waals surface area contributed by atoms with Crippen molar-refractivity contribution < 1.29 is 8.78 Å². The van der Waals surface area contributed by atoms with Gasteiger partial charge < -0.3 is 15.5 Å². The van der Waals surface area contributed by atoms with Gasteiger partial charge in [-0.1, -0.05) is 0 Å². The van der Waals surface area contributed by atoms with Crippen LogP contribution in [0.3, 0.4) is 0 Å². The summed E-state index contributed by atoms with van der Waals surface area (Å²) < 4.78 is 31.2. The number of nitrogens with one attached hydrogen (secondary N) is 2. The highest BCUT2D eigenvalue weighted by atomic mass is 19.1. The third-order valence-corrected chi connectivity index (χ3v) is 7.14. The molecule has 9 nitrogen and oxygen atoms in total. The van der Waals surface area contributed by atoms with Gasteiger partial charge in [-0.05, 0) is 86.0 Å². The van der Waals surface area contributed by atoms with Crippen LogP contribution in [0.5, 0.6) is 0 Å². The molecule has 2 aromatic heterocycles. The minimum atomic E-state index is -0.519. The third kappa shape index (κ3) is 4.08. The van der Waals surface area contributed by atoms with Crippen molar-refractivity contribution in [2.75, 3.05) is 23.7 Å². The lowest BCUT2D eigenvalue weighted by molar-refractivity contribution is 0.188. The van der Waals surface area contributed by atoms with Gasteiger partial charge in [0.2, 0.25) is 5.95 Å². The summed E-state index contributed by atoms with van der Waals surface area (Å²) in [5.41, 5.74) is 1.78. The zero-order valence-corrected chi connectivity index (χ0v) is 19.0. The number of hydrogen-bond donors (Lipinski definition) is 2. The molecule has 3 aliphatic rings. The van der Waals surface area contributed by atoms with E-state index in [4.69, 9.17) is 0 Å². The smallest absolute Gasteiger partial charge is 0.229 e. The maximum atomic E-state index is 15.0. The van der Waals surface area contributed by atoms with Gasteiger partial charge in [-0.25, -0.2) is 13.8 Å². The molecular weight excluding hydrogens is 440 g/mol. The van der Waals surface area contributed by atoms with E-state index in [-0.39, 0.29) is 23.5 Å². The van der Waals surface area contributed by atoms with Crippen LogP contribution in [0.1, 0.15) is 55.8 Å².